The monoisotopic (exact) mass is 250 g/mol. The van der Waals surface area contributed by atoms with Crippen LogP contribution in [-0.2, 0) is 12.8 Å². The van der Waals surface area contributed by atoms with Gasteiger partial charge in [-0.2, -0.15) is 0 Å². The Kier molecular flexibility index (Phi) is 2.22. The summed E-state index contributed by atoms with van der Waals surface area (Å²) in [6, 6.07) is 4.52. The molecule has 4 rings (SSSR count). The van der Waals surface area contributed by atoms with Crippen LogP contribution >= 0.6 is 0 Å². The molecular formula is C17H18N2. The summed E-state index contributed by atoms with van der Waals surface area (Å²) in [4.78, 5) is 8.26. The lowest BCUT2D eigenvalue weighted by molar-refractivity contribution is 0.680. The van der Waals surface area contributed by atoms with Gasteiger partial charge in [0, 0.05) is 33.7 Å². The van der Waals surface area contributed by atoms with Crippen molar-refractivity contribution in [3.05, 3.63) is 40.8 Å². The van der Waals surface area contributed by atoms with Crippen molar-refractivity contribution in [3.8, 4) is 0 Å². The zero-order valence-electron chi connectivity index (χ0n) is 11.5. The first kappa shape index (κ1) is 11.0. The summed E-state index contributed by atoms with van der Waals surface area (Å²) in [5, 5.41) is 4.04. The van der Waals surface area contributed by atoms with Crippen LogP contribution in [0.15, 0.2) is 18.3 Å². The minimum absolute atomic E-state index is 1.16. The van der Waals surface area contributed by atoms with Crippen molar-refractivity contribution in [2.24, 2.45) is 0 Å². The summed E-state index contributed by atoms with van der Waals surface area (Å²) < 4.78 is 0. The molecule has 0 spiro atoms. The topological polar surface area (TPSA) is 28.7 Å². The lowest BCUT2D eigenvalue weighted by Gasteiger charge is -2.10. The third-order valence-electron chi connectivity index (χ3n) is 4.47. The van der Waals surface area contributed by atoms with E-state index in [1.807, 2.05) is 6.20 Å². The number of benzene rings is 1. The normalized spacial score (nSPS) is 15.1. The highest BCUT2D eigenvalue weighted by Gasteiger charge is 2.19. The Morgan fingerprint density at radius 2 is 1.95 bits per heavy atom. The predicted octanol–water partition coefficient (Wildman–Crippen LogP) is 4.21. The zero-order chi connectivity index (χ0) is 13.0. The van der Waals surface area contributed by atoms with E-state index in [4.69, 9.17) is 4.98 Å². The molecule has 0 unspecified atom stereocenters. The van der Waals surface area contributed by atoms with E-state index in [1.165, 1.54) is 63.5 Å². The molecule has 2 heteroatoms. The molecule has 1 N–H and O–H groups in total. The maximum atomic E-state index is 4.95. The number of aromatic amines is 1. The molecule has 0 radical (unpaired) electrons. The van der Waals surface area contributed by atoms with Gasteiger partial charge in [0.15, 0.2) is 0 Å². The second-order valence-corrected chi connectivity index (χ2v) is 5.73. The molecule has 0 saturated carbocycles. The second kappa shape index (κ2) is 3.83. The lowest BCUT2D eigenvalue weighted by atomic mass is 9.93. The second-order valence-electron chi connectivity index (χ2n) is 5.73. The first-order chi connectivity index (χ1) is 9.25. The van der Waals surface area contributed by atoms with Gasteiger partial charge in [-0.1, -0.05) is 0 Å². The Bertz CT molecular complexity index is 796. The number of fused-ring (bicyclic) bond motifs is 5. The molecular weight excluding hydrogens is 232 g/mol. The summed E-state index contributed by atoms with van der Waals surface area (Å²) in [6.45, 7) is 4.36. The Hall–Kier alpha value is -1.83. The van der Waals surface area contributed by atoms with Gasteiger partial charge in [-0.25, -0.2) is 0 Å². The van der Waals surface area contributed by atoms with Gasteiger partial charge in [0.2, 0.25) is 0 Å². The zero-order valence-corrected chi connectivity index (χ0v) is 11.5. The number of pyridine rings is 1. The van der Waals surface area contributed by atoms with Crippen LogP contribution in [0.1, 0.15) is 35.4 Å². The van der Waals surface area contributed by atoms with E-state index < -0.39 is 0 Å². The Morgan fingerprint density at radius 3 is 2.84 bits per heavy atom. The van der Waals surface area contributed by atoms with Crippen LogP contribution in [0.2, 0.25) is 0 Å². The fourth-order valence-electron chi connectivity index (χ4n) is 3.60. The molecule has 0 aliphatic heterocycles. The van der Waals surface area contributed by atoms with Gasteiger partial charge in [-0.15, -0.1) is 0 Å². The molecule has 2 nitrogen and oxygen atoms in total. The summed E-state index contributed by atoms with van der Waals surface area (Å²) in [5.41, 5.74) is 6.66. The van der Waals surface area contributed by atoms with Gasteiger partial charge in [-0.3, -0.25) is 4.98 Å². The standard InChI is InChI=1S/C17H18N2/c1-10-9-14-12-5-3-4-6-15(12)19-17(14)13-7-8-18-11(2)16(10)13/h7-9,18H,3-6H2,1-2H3. The predicted molar refractivity (Wildman–Crippen MR) is 79.7 cm³/mol. The first-order valence-electron chi connectivity index (χ1n) is 7.14. The fourth-order valence-corrected chi connectivity index (χ4v) is 3.60. The first-order valence-corrected chi connectivity index (χ1v) is 7.14. The van der Waals surface area contributed by atoms with Crippen molar-refractivity contribution >= 4 is 21.7 Å². The van der Waals surface area contributed by atoms with Crippen LogP contribution in [-0.4, -0.2) is 9.97 Å². The average molecular weight is 250 g/mol. The molecule has 19 heavy (non-hydrogen) atoms. The highest BCUT2D eigenvalue weighted by Crippen LogP contribution is 2.35. The Labute approximate surface area is 112 Å². The average Bonchev–Trinajstić information content (AvgIpc) is 2.78. The molecule has 2 aromatic heterocycles. The number of H-pyrrole nitrogens is 1. The lowest BCUT2D eigenvalue weighted by Crippen LogP contribution is -1.99. The van der Waals surface area contributed by atoms with Gasteiger partial charge in [0.05, 0.1) is 5.52 Å². The van der Waals surface area contributed by atoms with E-state index in [2.05, 4.69) is 31.0 Å². The van der Waals surface area contributed by atoms with E-state index in [1.54, 1.807) is 0 Å². The van der Waals surface area contributed by atoms with Gasteiger partial charge < -0.3 is 4.98 Å². The van der Waals surface area contributed by atoms with E-state index in [-0.39, 0.29) is 0 Å². The van der Waals surface area contributed by atoms with Crippen molar-refractivity contribution in [3.63, 3.8) is 0 Å². The van der Waals surface area contributed by atoms with E-state index in [0.717, 1.165) is 6.42 Å². The van der Waals surface area contributed by atoms with Crippen LogP contribution in [0.5, 0.6) is 0 Å². The number of nitrogens with one attached hydrogen (secondary N) is 1. The number of hydrogen-bond acceptors (Lipinski definition) is 1. The van der Waals surface area contributed by atoms with Crippen LogP contribution in [0.4, 0.5) is 0 Å². The largest absolute Gasteiger partial charge is 0.365 e. The fraction of sp³-hybridized carbons (Fsp3) is 0.353. The number of hydrogen-bond donors (Lipinski definition) is 1. The Morgan fingerprint density at radius 1 is 1.11 bits per heavy atom. The molecule has 0 bridgehead atoms. The maximum absolute atomic E-state index is 4.95. The van der Waals surface area contributed by atoms with Crippen molar-refractivity contribution in [1.29, 1.82) is 0 Å². The molecule has 2 heterocycles. The van der Waals surface area contributed by atoms with Gasteiger partial charge in [0.1, 0.15) is 0 Å². The molecule has 0 atom stereocenters. The quantitative estimate of drug-likeness (QED) is 0.636. The molecule has 3 aromatic rings. The molecule has 1 aliphatic rings. The third-order valence-corrected chi connectivity index (χ3v) is 4.47. The van der Waals surface area contributed by atoms with Gasteiger partial charge in [0.25, 0.3) is 0 Å². The molecule has 0 saturated heterocycles. The smallest absolute Gasteiger partial charge is 0.0788 e. The summed E-state index contributed by atoms with van der Waals surface area (Å²) in [5.74, 6) is 0. The van der Waals surface area contributed by atoms with Crippen LogP contribution in [0.25, 0.3) is 21.7 Å². The molecule has 0 fully saturated rings. The van der Waals surface area contributed by atoms with Crippen molar-refractivity contribution in [2.75, 3.05) is 0 Å². The van der Waals surface area contributed by atoms with Gasteiger partial charge in [-0.05, 0) is 62.8 Å². The molecule has 0 amide bonds. The number of nitrogens with zero attached hydrogens (tertiary/aromatic N) is 1. The SMILES string of the molecule is Cc1cc2c3c(nc2c2cc[nH]c(C)c12)CCCC3. The summed E-state index contributed by atoms with van der Waals surface area (Å²) in [6.07, 6.45) is 6.99. The third kappa shape index (κ3) is 1.46. The van der Waals surface area contributed by atoms with E-state index in [0.29, 0.717) is 0 Å². The van der Waals surface area contributed by atoms with Crippen LogP contribution in [0, 0.1) is 13.8 Å². The van der Waals surface area contributed by atoms with E-state index >= 15 is 0 Å². The summed E-state index contributed by atoms with van der Waals surface area (Å²) >= 11 is 0. The molecule has 96 valence electrons. The maximum Gasteiger partial charge on any atom is 0.0788 e. The molecule has 1 aromatic carbocycles. The van der Waals surface area contributed by atoms with Gasteiger partial charge >= 0.3 is 0 Å². The molecule has 1 aliphatic carbocycles. The highest BCUT2D eigenvalue weighted by atomic mass is 14.7. The van der Waals surface area contributed by atoms with Crippen molar-refractivity contribution in [1.82, 2.24) is 9.97 Å². The van der Waals surface area contributed by atoms with Crippen molar-refractivity contribution in [2.45, 2.75) is 39.5 Å². The van der Waals surface area contributed by atoms with Crippen LogP contribution in [0.3, 0.4) is 0 Å². The van der Waals surface area contributed by atoms with Crippen LogP contribution < -0.4 is 0 Å². The summed E-state index contributed by atoms with van der Waals surface area (Å²) in [7, 11) is 0. The number of rotatable bonds is 0. The number of aryl methyl sites for hydroxylation is 4. The van der Waals surface area contributed by atoms with Crippen molar-refractivity contribution < 1.29 is 0 Å². The minimum Gasteiger partial charge on any atom is -0.365 e. The Balaban J connectivity index is 2.21. The highest BCUT2D eigenvalue weighted by molar-refractivity contribution is 6.09. The minimum atomic E-state index is 1.16. The number of aromatic nitrogens is 2. The van der Waals surface area contributed by atoms with E-state index in [9.17, 15) is 0 Å².